The average Bonchev–Trinajstić information content (AvgIpc) is 3.29. The van der Waals surface area contributed by atoms with Crippen molar-refractivity contribution in [2.24, 2.45) is 7.05 Å². The Morgan fingerprint density at radius 1 is 1.07 bits per heavy atom. The van der Waals surface area contributed by atoms with Crippen molar-refractivity contribution >= 4 is 34.1 Å². The lowest BCUT2D eigenvalue weighted by Crippen LogP contribution is -2.34. The smallest absolute Gasteiger partial charge is 0.422 e. The van der Waals surface area contributed by atoms with Crippen LogP contribution in [-0.4, -0.2) is 52.9 Å². The number of methoxy groups -OCH3 is 1. The van der Waals surface area contributed by atoms with E-state index in [2.05, 4.69) is 10.4 Å². The minimum Gasteiger partial charge on any atom is -0.495 e. The molecule has 2 aromatic carbocycles. The van der Waals surface area contributed by atoms with E-state index in [9.17, 15) is 22.8 Å². The molecule has 4 aromatic rings. The quantitative estimate of drug-likeness (QED) is 0.225. The highest BCUT2D eigenvalue weighted by molar-refractivity contribution is 6.31. The van der Waals surface area contributed by atoms with Crippen LogP contribution in [0.4, 0.5) is 18.9 Å². The SMILES string of the molecule is COc1cn(C(CCOC(C)C)C(=O)Nc2ccc3nn(C)cc3c2)c(=O)cc1-c1cc(Cl)ccc1OCC(F)(F)F. The fourth-order valence-corrected chi connectivity index (χ4v) is 4.58. The van der Waals surface area contributed by atoms with Crippen molar-refractivity contribution in [2.45, 2.75) is 38.6 Å². The topological polar surface area (TPSA) is 96.6 Å². The summed E-state index contributed by atoms with van der Waals surface area (Å²) in [5.41, 5.74) is 0.950. The average molecular weight is 607 g/mol. The van der Waals surface area contributed by atoms with E-state index in [4.69, 9.17) is 25.8 Å². The first kappa shape index (κ1) is 30.9. The van der Waals surface area contributed by atoms with E-state index >= 15 is 0 Å². The van der Waals surface area contributed by atoms with E-state index < -0.39 is 30.3 Å². The van der Waals surface area contributed by atoms with Gasteiger partial charge < -0.3 is 19.5 Å². The Morgan fingerprint density at radius 3 is 2.50 bits per heavy atom. The van der Waals surface area contributed by atoms with Crippen molar-refractivity contribution in [3.63, 3.8) is 0 Å². The first-order valence-corrected chi connectivity index (χ1v) is 13.4. The van der Waals surface area contributed by atoms with Crippen LogP contribution in [0.15, 0.2) is 59.7 Å². The van der Waals surface area contributed by atoms with Crippen LogP contribution in [0.5, 0.6) is 11.5 Å². The van der Waals surface area contributed by atoms with Gasteiger partial charge in [-0.25, -0.2) is 0 Å². The number of aromatic nitrogens is 3. The number of pyridine rings is 1. The van der Waals surface area contributed by atoms with Gasteiger partial charge in [-0.15, -0.1) is 0 Å². The molecule has 0 spiro atoms. The zero-order chi connectivity index (χ0) is 30.6. The van der Waals surface area contributed by atoms with Crippen LogP contribution >= 0.6 is 11.6 Å². The van der Waals surface area contributed by atoms with Crippen molar-refractivity contribution in [1.29, 1.82) is 0 Å². The predicted molar refractivity (Wildman–Crippen MR) is 153 cm³/mol. The predicted octanol–water partition coefficient (Wildman–Crippen LogP) is 6.00. The zero-order valence-electron chi connectivity index (χ0n) is 23.4. The molecular formula is C29H30ClF3N4O5. The lowest BCUT2D eigenvalue weighted by atomic mass is 10.0. The molecule has 0 fully saturated rings. The van der Waals surface area contributed by atoms with Gasteiger partial charge in [-0.2, -0.15) is 18.3 Å². The van der Waals surface area contributed by atoms with Crippen molar-refractivity contribution in [2.75, 3.05) is 25.6 Å². The van der Waals surface area contributed by atoms with E-state index in [1.54, 1.807) is 29.9 Å². The number of carbonyl (C=O) groups is 1. The van der Waals surface area contributed by atoms with Crippen molar-refractivity contribution < 1.29 is 32.2 Å². The molecule has 2 heterocycles. The second-order valence-electron chi connectivity index (χ2n) is 9.83. The number of alkyl halides is 3. The van der Waals surface area contributed by atoms with E-state index in [0.29, 0.717) is 5.69 Å². The number of hydrogen-bond donors (Lipinski definition) is 1. The molecule has 1 N–H and O–H groups in total. The summed E-state index contributed by atoms with van der Waals surface area (Å²) in [6.07, 6.45) is -1.37. The van der Waals surface area contributed by atoms with Gasteiger partial charge >= 0.3 is 6.18 Å². The van der Waals surface area contributed by atoms with Crippen LogP contribution in [0.3, 0.4) is 0 Å². The first-order chi connectivity index (χ1) is 19.8. The number of rotatable bonds is 11. The maximum atomic E-state index is 13.6. The molecule has 0 aliphatic rings. The Hall–Kier alpha value is -4.03. The molecule has 0 aliphatic heterocycles. The van der Waals surface area contributed by atoms with Gasteiger partial charge in [-0.05, 0) is 50.2 Å². The summed E-state index contributed by atoms with van der Waals surface area (Å²) in [5.74, 6) is -0.495. The van der Waals surface area contributed by atoms with Gasteiger partial charge in [0, 0.05) is 59.6 Å². The minimum atomic E-state index is -4.58. The molecule has 2 aromatic heterocycles. The van der Waals surface area contributed by atoms with Crippen LogP contribution in [0.1, 0.15) is 26.3 Å². The summed E-state index contributed by atoms with van der Waals surface area (Å²) >= 11 is 6.14. The summed E-state index contributed by atoms with van der Waals surface area (Å²) in [6, 6.07) is 9.47. The van der Waals surface area contributed by atoms with Gasteiger partial charge in [0.1, 0.15) is 17.5 Å². The highest BCUT2D eigenvalue weighted by Crippen LogP contribution is 2.38. The number of amides is 1. The molecule has 224 valence electrons. The number of aryl methyl sites for hydroxylation is 1. The Balaban J connectivity index is 1.72. The van der Waals surface area contributed by atoms with Crippen molar-refractivity contribution in [3.05, 3.63) is 70.2 Å². The van der Waals surface area contributed by atoms with E-state index in [1.165, 1.54) is 42.1 Å². The monoisotopic (exact) mass is 606 g/mol. The molecule has 0 bridgehead atoms. The molecule has 1 amide bonds. The molecule has 9 nitrogen and oxygen atoms in total. The molecular weight excluding hydrogens is 577 g/mol. The maximum absolute atomic E-state index is 13.6. The van der Waals surface area contributed by atoms with Crippen LogP contribution in [0.25, 0.3) is 22.0 Å². The fraction of sp³-hybridized carbons (Fsp3) is 0.345. The third-order valence-electron chi connectivity index (χ3n) is 6.25. The van der Waals surface area contributed by atoms with E-state index in [0.717, 1.165) is 10.9 Å². The largest absolute Gasteiger partial charge is 0.495 e. The lowest BCUT2D eigenvalue weighted by molar-refractivity contribution is -0.153. The molecule has 1 unspecified atom stereocenters. The molecule has 0 saturated heterocycles. The van der Waals surface area contributed by atoms with Crippen LogP contribution in [0, 0.1) is 0 Å². The number of benzene rings is 2. The number of nitrogens with zero attached hydrogens (tertiary/aromatic N) is 3. The van der Waals surface area contributed by atoms with Crippen LogP contribution < -0.4 is 20.3 Å². The highest BCUT2D eigenvalue weighted by Gasteiger charge is 2.30. The van der Waals surface area contributed by atoms with E-state index in [1.807, 2.05) is 20.0 Å². The van der Waals surface area contributed by atoms with Crippen LogP contribution in [0.2, 0.25) is 5.02 Å². The summed E-state index contributed by atoms with van der Waals surface area (Å²) in [5, 5.41) is 8.22. The summed E-state index contributed by atoms with van der Waals surface area (Å²) in [7, 11) is 3.13. The number of ether oxygens (including phenoxy) is 3. The standard InChI is InChI=1S/C29H30ClF3N4O5/c1-17(2)41-10-9-24(28(39)34-20-6-7-23-18(11-20)14-36(3)35-23)37-15-26(40-4)22(13-27(37)38)21-12-19(30)5-8-25(21)42-16-29(31,32)33/h5-8,11-15,17,24H,9-10,16H2,1-4H3,(H,34,39). The first-order valence-electron chi connectivity index (χ1n) is 13.0. The van der Waals surface area contributed by atoms with Gasteiger partial charge in [0.15, 0.2) is 6.61 Å². The highest BCUT2D eigenvalue weighted by atomic mass is 35.5. The third-order valence-corrected chi connectivity index (χ3v) is 6.49. The molecule has 13 heteroatoms. The number of hydrogen-bond acceptors (Lipinski definition) is 6. The second kappa shape index (κ2) is 12.9. The van der Waals surface area contributed by atoms with E-state index in [-0.39, 0.29) is 46.8 Å². The number of carbonyl (C=O) groups excluding carboxylic acids is 1. The third kappa shape index (κ3) is 7.62. The molecule has 42 heavy (non-hydrogen) atoms. The Morgan fingerprint density at radius 2 is 1.81 bits per heavy atom. The molecule has 0 saturated carbocycles. The van der Waals surface area contributed by atoms with Gasteiger partial charge in [0.2, 0.25) is 5.91 Å². The summed E-state index contributed by atoms with van der Waals surface area (Å²) in [6.45, 7) is 2.35. The number of anilines is 1. The van der Waals surface area contributed by atoms with Gasteiger partial charge in [0.25, 0.3) is 5.56 Å². The Bertz CT molecular complexity index is 1630. The molecule has 1 atom stereocenters. The Labute approximate surface area is 244 Å². The number of halogens is 4. The summed E-state index contributed by atoms with van der Waals surface area (Å²) in [4.78, 5) is 27.1. The molecule has 0 aliphatic carbocycles. The zero-order valence-corrected chi connectivity index (χ0v) is 24.1. The second-order valence-corrected chi connectivity index (χ2v) is 10.3. The van der Waals surface area contributed by atoms with Gasteiger partial charge in [-0.3, -0.25) is 18.8 Å². The molecule has 4 rings (SSSR count). The van der Waals surface area contributed by atoms with Crippen molar-refractivity contribution in [1.82, 2.24) is 14.3 Å². The normalized spacial score (nSPS) is 12.5. The number of fused-ring (bicyclic) bond motifs is 1. The lowest BCUT2D eigenvalue weighted by Gasteiger charge is -2.22. The van der Waals surface area contributed by atoms with Gasteiger partial charge in [0.05, 0.1) is 24.9 Å². The summed E-state index contributed by atoms with van der Waals surface area (Å²) < 4.78 is 57.7. The molecule has 0 radical (unpaired) electrons. The van der Waals surface area contributed by atoms with Crippen LogP contribution in [-0.2, 0) is 16.6 Å². The fourth-order valence-electron chi connectivity index (χ4n) is 4.41. The minimum absolute atomic E-state index is 0.103. The number of nitrogens with one attached hydrogen (secondary N) is 1. The van der Waals surface area contributed by atoms with Crippen molar-refractivity contribution in [3.8, 4) is 22.6 Å². The maximum Gasteiger partial charge on any atom is 0.422 e. The van der Waals surface area contributed by atoms with Gasteiger partial charge in [-0.1, -0.05) is 11.6 Å². The Kier molecular flexibility index (Phi) is 9.47.